The molecule has 7 nitrogen and oxygen atoms in total. The Morgan fingerprint density at radius 2 is 1.94 bits per heavy atom. The normalized spacial score (nSPS) is 11.6. The van der Waals surface area contributed by atoms with Crippen LogP contribution in [-0.2, 0) is 6.42 Å². The van der Waals surface area contributed by atoms with Crippen LogP contribution in [0.5, 0.6) is 0 Å². The molecule has 3 aromatic rings. The first-order valence-electron chi connectivity index (χ1n) is 9.56. The minimum Gasteiger partial charge on any atom is -0.368 e. The van der Waals surface area contributed by atoms with Gasteiger partial charge >= 0.3 is 6.03 Å². The molecule has 10 heteroatoms. The minimum absolute atomic E-state index is 0.0951. The fraction of sp³-hybridized carbons (Fsp3) is 0.238. The van der Waals surface area contributed by atoms with E-state index in [9.17, 15) is 18.0 Å². The zero-order valence-electron chi connectivity index (χ0n) is 16.7. The zero-order chi connectivity index (χ0) is 22.2. The molecule has 0 fully saturated rings. The quantitative estimate of drug-likeness (QED) is 0.503. The Bertz CT molecular complexity index is 1030. The average Bonchev–Trinajstić information content (AvgIpc) is 2.76. The van der Waals surface area contributed by atoms with Crippen LogP contribution in [0.25, 0.3) is 11.3 Å². The van der Waals surface area contributed by atoms with Crippen molar-refractivity contribution in [3.63, 3.8) is 0 Å². The molecule has 0 saturated carbocycles. The molecule has 0 bridgehead atoms. The van der Waals surface area contributed by atoms with E-state index in [0.29, 0.717) is 17.2 Å². The first-order valence-corrected chi connectivity index (χ1v) is 9.56. The highest BCUT2D eigenvalue weighted by Crippen LogP contribution is 2.24. The van der Waals surface area contributed by atoms with Crippen molar-refractivity contribution in [1.82, 2.24) is 20.5 Å². The molecule has 0 aliphatic rings. The van der Waals surface area contributed by atoms with Gasteiger partial charge in [-0.2, -0.15) is 0 Å². The lowest BCUT2D eigenvalue weighted by Gasteiger charge is -2.10. The van der Waals surface area contributed by atoms with Crippen molar-refractivity contribution in [2.24, 2.45) is 0 Å². The summed E-state index contributed by atoms with van der Waals surface area (Å²) in [6.07, 6.45) is 0.187. The molecule has 162 valence electrons. The molecular weight excluding hydrogens is 409 g/mol. The summed E-state index contributed by atoms with van der Waals surface area (Å²) in [6, 6.07) is 9.65. The van der Waals surface area contributed by atoms with E-state index in [4.69, 9.17) is 0 Å². The van der Waals surface area contributed by atoms with Crippen LogP contribution in [0.15, 0.2) is 48.7 Å². The molecule has 0 aliphatic heterocycles. The molecule has 1 aromatic carbocycles. The number of hydrogen-bond acceptors (Lipinski definition) is 5. The largest absolute Gasteiger partial charge is 0.368 e. The van der Waals surface area contributed by atoms with Crippen LogP contribution >= 0.6 is 0 Å². The second-order valence-corrected chi connectivity index (χ2v) is 6.65. The van der Waals surface area contributed by atoms with Gasteiger partial charge in [-0.1, -0.05) is 0 Å². The standard InChI is InChI=1S/C21H21F3N6O/c1-25-21(31)28-14-4-5-15(17(24)12-14)18-6-7-20(30-29-18)27-10-8-13(22)11-19-16(23)3-2-9-26-19/h2-7,9,12-13H,8,10-11H2,1H3,(H,27,30)(H2,25,28,31)/t13-/m0/s1. The maximum Gasteiger partial charge on any atom is 0.318 e. The van der Waals surface area contributed by atoms with Crippen molar-refractivity contribution >= 4 is 17.5 Å². The number of anilines is 2. The van der Waals surface area contributed by atoms with Gasteiger partial charge in [0.25, 0.3) is 0 Å². The number of benzene rings is 1. The van der Waals surface area contributed by atoms with E-state index >= 15 is 0 Å². The van der Waals surface area contributed by atoms with Crippen molar-refractivity contribution in [3.8, 4) is 11.3 Å². The van der Waals surface area contributed by atoms with Gasteiger partial charge < -0.3 is 16.0 Å². The molecule has 2 aromatic heterocycles. The average molecular weight is 430 g/mol. The van der Waals surface area contributed by atoms with Gasteiger partial charge in [0, 0.05) is 37.5 Å². The van der Waals surface area contributed by atoms with Gasteiger partial charge in [-0.05, 0) is 48.9 Å². The summed E-state index contributed by atoms with van der Waals surface area (Å²) in [7, 11) is 1.46. The van der Waals surface area contributed by atoms with Crippen LogP contribution < -0.4 is 16.0 Å². The van der Waals surface area contributed by atoms with Crippen molar-refractivity contribution in [1.29, 1.82) is 0 Å². The summed E-state index contributed by atoms with van der Waals surface area (Å²) in [5.74, 6) is -0.687. The Balaban J connectivity index is 1.53. The number of rotatable bonds is 8. The number of aromatic nitrogens is 3. The SMILES string of the molecule is CNC(=O)Nc1ccc(-c2ccc(NCC[C@H](F)Cc3ncccc3F)nn2)c(F)c1. The smallest absolute Gasteiger partial charge is 0.318 e. The van der Waals surface area contributed by atoms with E-state index < -0.39 is 23.8 Å². The van der Waals surface area contributed by atoms with Gasteiger partial charge in [0.1, 0.15) is 23.6 Å². The summed E-state index contributed by atoms with van der Waals surface area (Å²) in [6.45, 7) is 0.262. The van der Waals surface area contributed by atoms with Crippen molar-refractivity contribution in [2.75, 3.05) is 24.2 Å². The highest BCUT2D eigenvalue weighted by molar-refractivity contribution is 5.89. The molecule has 31 heavy (non-hydrogen) atoms. The van der Waals surface area contributed by atoms with Crippen LogP contribution in [0.3, 0.4) is 0 Å². The molecule has 1 atom stereocenters. The maximum atomic E-state index is 14.4. The Labute approximate surface area is 177 Å². The predicted molar refractivity (Wildman–Crippen MR) is 111 cm³/mol. The summed E-state index contributed by atoms with van der Waals surface area (Å²) in [5.41, 5.74) is 0.933. The Morgan fingerprint density at radius 1 is 1.10 bits per heavy atom. The van der Waals surface area contributed by atoms with Crippen LogP contribution in [0.1, 0.15) is 12.1 Å². The zero-order valence-corrected chi connectivity index (χ0v) is 16.7. The summed E-state index contributed by atoms with van der Waals surface area (Å²) < 4.78 is 42.0. The summed E-state index contributed by atoms with van der Waals surface area (Å²) in [4.78, 5) is 15.1. The van der Waals surface area contributed by atoms with Crippen LogP contribution in [0.2, 0.25) is 0 Å². The van der Waals surface area contributed by atoms with E-state index in [1.165, 1.54) is 37.5 Å². The van der Waals surface area contributed by atoms with Gasteiger partial charge in [0.15, 0.2) is 0 Å². The van der Waals surface area contributed by atoms with Crippen molar-refractivity contribution in [3.05, 3.63) is 66.0 Å². The van der Waals surface area contributed by atoms with E-state index in [1.54, 1.807) is 18.2 Å². The van der Waals surface area contributed by atoms with Gasteiger partial charge in [-0.3, -0.25) is 4.98 Å². The minimum atomic E-state index is -1.26. The lowest BCUT2D eigenvalue weighted by Crippen LogP contribution is -2.24. The van der Waals surface area contributed by atoms with Crippen LogP contribution in [-0.4, -0.2) is 41.0 Å². The third-order valence-corrected chi connectivity index (χ3v) is 4.41. The molecule has 0 unspecified atom stereocenters. The number of nitrogens with one attached hydrogen (secondary N) is 3. The summed E-state index contributed by atoms with van der Waals surface area (Å²) >= 11 is 0. The fourth-order valence-corrected chi connectivity index (χ4v) is 2.80. The molecule has 0 saturated heterocycles. The topological polar surface area (TPSA) is 91.8 Å². The second-order valence-electron chi connectivity index (χ2n) is 6.65. The molecule has 0 spiro atoms. The van der Waals surface area contributed by atoms with Gasteiger partial charge in [-0.25, -0.2) is 18.0 Å². The second kappa shape index (κ2) is 10.4. The van der Waals surface area contributed by atoms with E-state index in [0.717, 1.165) is 0 Å². The highest BCUT2D eigenvalue weighted by Gasteiger charge is 2.13. The first kappa shape index (κ1) is 22.0. The van der Waals surface area contributed by atoms with Gasteiger partial charge in [0.05, 0.1) is 11.4 Å². The predicted octanol–water partition coefficient (Wildman–Crippen LogP) is 3.95. The Morgan fingerprint density at radius 3 is 2.61 bits per heavy atom. The Kier molecular flexibility index (Phi) is 7.36. The van der Waals surface area contributed by atoms with E-state index in [-0.39, 0.29) is 30.6 Å². The molecule has 3 rings (SSSR count). The molecule has 0 radical (unpaired) electrons. The van der Waals surface area contributed by atoms with E-state index in [1.807, 2.05) is 0 Å². The summed E-state index contributed by atoms with van der Waals surface area (Å²) in [5, 5.41) is 15.7. The number of carbonyl (C=O) groups excluding carboxylic acids is 1. The van der Waals surface area contributed by atoms with E-state index in [2.05, 4.69) is 31.1 Å². The number of halogens is 3. The van der Waals surface area contributed by atoms with Crippen molar-refractivity contribution < 1.29 is 18.0 Å². The van der Waals surface area contributed by atoms with Gasteiger partial charge in [0.2, 0.25) is 0 Å². The number of pyridine rings is 1. The fourth-order valence-electron chi connectivity index (χ4n) is 2.80. The van der Waals surface area contributed by atoms with Crippen LogP contribution in [0.4, 0.5) is 29.5 Å². The van der Waals surface area contributed by atoms with Crippen LogP contribution in [0, 0.1) is 11.6 Å². The number of nitrogens with zero attached hydrogens (tertiary/aromatic N) is 3. The molecule has 2 amide bonds. The maximum absolute atomic E-state index is 14.4. The molecular formula is C21H21F3N6O. The number of amides is 2. The number of hydrogen-bond donors (Lipinski definition) is 3. The number of carbonyl (C=O) groups is 1. The lowest BCUT2D eigenvalue weighted by atomic mass is 10.1. The van der Waals surface area contributed by atoms with Crippen molar-refractivity contribution in [2.45, 2.75) is 19.0 Å². The lowest BCUT2D eigenvalue weighted by molar-refractivity contribution is 0.254. The first-order chi connectivity index (χ1) is 15.0. The Hall–Kier alpha value is -3.69. The molecule has 2 heterocycles. The monoisotopic (exact) mass is 430 g/mol. The molecule has 0 aliphatic carbocycles. The highest BCUT2D eigenvalue weighted by atomic mass is 19.1. The number of urea groups is 1. The third-order valence-electron chi connectivity index (χ3n) is 4.41. The number of alkyl halides is 1. The van der Waals surface area contributed by atoms with Gasteiger partial charge in [-0.15, -0.1) is 10.2 Å². The third kappa shape index (κ3) is 6.14. The molecule has 3 N–H and O–H groups in total.